The van der Waals surface area contributed by atoms with Crippen LogP contribution < -0.4 is 5.32 Å². The Labute approximate surface area is 146 Å². The molecule has 0 radical (unpaired) electrons. The Morgan fingerprint density at radius 1 is 1.12 bits per heavy atom. The first-order chi connectivity index (χ1) is 11.9. The zero-order valence-corrected chi connectivity index (χ0v) is 14.2. The number of carbonyl (C=O) groups excluding carboxylic acids is 1. The van der Waals surface area contributed by atoms with Gasteiger partial charge < -0.3 is 10.4 Å². The van der Waals surface area contributed by atoms with Crippen LogP contribution in [-0.2, 0) is 11.2 Å². The molecule has 0 heterocycles. The van der Waals surface area contributed by atoms with Gasteiger partial charge in [0, 0.05) is 6.54 Å². The summed E-state index contributed by atoms with van der Waals surface area (Å²) in [6.45, 7) is -0.0803. The van der Waals surface area contributed by atoms with Crippen LogP contribution in [0.15, 0.2) is 48.5 Å². The van der Waals surface area contributed by atoms with E-state index in [0.717, 1.165) is 17.7 Å². The van der Waals surface area contributed by atoms with Crippen LogP contribution in [0.4, 0.5) is 8.78 Å². The number of aliphatic hydroxyl groups excluding tert-OH is 1. The number of hydrogen-bond acceptors (Lipinski definition) is 3. The van der Waals surface area contributed by atoms with Gasteiger partial charge in [-0.1, -0.05) is 36.4 Å². The second-order valence-corrected chi connectivity index (χ2v) is 6.10. The highest BCUT2D eigenvalue weighted by molar-refractivity contribution is 5.82. The number of hydrogen-bond donors (Lipinski definition) is 2. The van der Waals surface area contributed by atoms with Gasteiger partial charge in [0.1, 0.15) is 0 Å². The third kappa shape index (κ3) is 5.34. The molecule has 0 fully saturated rings. The fraction of sp³-hybridized carbons (Fsp3) is 0.316. The van der Waals surface area contributed by atoms with Gasteiger partial charge in [-0.15, -0.1) is 0 Å². The maximum Gasteiger partial charge on any atom is 0.237 e. The average Bonchev–Trinajstić information content (AvgIpc) is 2.60. The van der Waals surface area contributed by atoms with Gasteiger partial charge in [-0.05, 0) is 43.8 Å². The number of carbonyl (C=O) groups is 1. The average molecular weight is 348 g/mol. The van der Waals surface area contributed by atoms with Crippen LogP contribution in [0.25, 0.3) is 0 Å². The molecule has 0 aliphatic carbocycles. The largest absolute Gasteiger partial charge is 0.387 e. The monoisotopic (exact) mass is 348 g/mol. The lowest BCUT2D eigenvalue weighted by Crippen LogP contribution is -2.45. The Kier molecular flexibility index (Phi) is 6.61. The molecule has 2 aromatic rings. The van der Waals surface area contributed by atoms with Crippen molar-refractivity contribution in [1.82, 2.24) is 10.2 Å². The van der Waals surface area contributed by atoms with E-state index in [9.17, 15) is 18.7 Å². The van der Waals surface area contributed by atoms with Gasteiger partial charge in [0.25, 0.3) is 0 Å². The number of likely N-dealkylation sites (N-methyl/N-ethyl adjacent to an activating group) is 1. The number of benzene rings is 2. The second-order valence-electron chi connectivity index (χ2n) is 6.10. The zero-order valence-electron chi connectivity index (χ0n) is 14.2. The van der Waals surface area contributed by atoms with Gasteiger partial charge in [-0.25, -0.2) is 8.78 Å². The quantitative estimate of drug-likeness (QED) is 0.807. The van der Waals surface area contributed by atoms with Gasteiger partial charge in [0.15, 0.2) is 11.6 Å². The molecule has 2 rings (SSSR count). The van der Waals surface area contributed by atoms with E-state index >= 15 is 0 Å². The Bertz CT molecular complexity index is 708. The molecule has 0 saturated carbocycles. The SMILES string of the molecule is CN(C)[C@H](Cc1ccccc1)C(=O)NC[C@@H](O)c1ccc(F)c(F)c1. The Balaban J connectivity index is 1.97. The Morgan fingerprint density at radius 2 is 1.80 bits per heavy atom. The third-order valence-electron chi connectivity index (χ3n) is 4.00. The van der Waals surface area contributed by atoms with Crippen molar-refractivity contribution in [3.05, 3.63) is 71.3 Å². The van der Waals surface area contributed by atoms with Crippen LogP contribution in [0.2, 0.25) is 0 Å². The summed E-state index contributed by atoms with van der Waals surface area (Å²) >= 11 is 0. The summed E-state index contributed by atoms with van der Waals surface area (Å²) in [5.41, 5.74) is 1.24. The van der Waals surface area contributed by atoms with E-state index in [1.54, 1.807) is 19.0 Å². The van der Waals surface area contributed by atoms with Crippen molar-refractivity contribution < 1.29 is 18.7 Å². The summed E-state index contributed by atoms with van der Waals surface area (Å²) in [5, 5.41) is 12.7. The Hall–Kier alpha value is -2.31. The van der Waals surface area contributed by atoms with Gasteiger partial charge in [-0.2, -0.15) is 0 Å². The molecule has 0 unspecified atom stereocenters. The van der Waals surface area contributed by atoms with E-state index in [2.05, 4.69) is 5.32 Å². The standard InChI is InChI=1S/C19H22F2N2O2/c1-23(2)17(10-13-6-4-3-5-7-13)19(25)22-12-18(24)14-8-9-15(20)16(21)11-14/h3-9,11,17-18,24H,10,12H2,1-2H3,(H,22,25)/t17-,18-/m1/s1. The van der Waals surface area contributed by atoms with Gasteiger partial charge in [0.2, 0.25) is 5.91 Å². The predicted molar refractivity (Wildman–Crippen MR) is 91.9 cm³/mol. The molecule has 2 N–H and O–H groups in total. The van der Waals surface area contributed by atoms with E-state index in [1.807, 2.05) is 30.3 Å². The lowest BCUT2D eigenvalue weighted by Gasteiger charge is -2.24. The summed E-state index contributed by atoms with van der Waals surface area (Å²) in [5.74, 6) is -2.25. The fourth-order valence-electron chi connectivity index (χ4n) is 2.50. The minimum absolute atomic E-state index is 0.0803. The number of aliphatic hydroxyl groups is 1. The van der Waals surface area contributed by atoms with Crippen LogP contribution in [0, 0.1) is 11.6 Å². The van der Waals surface area contributed by atoms with E-state index in [-0.39, 0.29) is 18.0 Å². The highest BCUT2D eigenvalue weighted by Gasteiger charge is 2.22. The van der Waals surface area contributed by atoms with E-state index in [0.29, 0.717) is 6.42 Å². The molecule has 25 heavy (non-hydrogen) atoms. The summed E-state index contributed by atoms with van der Waals surface area (Å²) in [6, 6.07) is 12.4. The second kappa shape index (κ2) is 8.69. The number of amides is 1. The molecule has 0 aromatic heterocycles. The maximum atomic E-state index is 13.2. The first-order valence-electron chi connectivity index (χ1n) is 7.99. The van der Waals surface area contributed by atoms with Crippen molar-refractivity contribution in [2.75, 3.05) is 20.6 Å². The molecule has 0 spiro atoms. The first kappa shape index (κ1) is 19.0. The van der Waals surface area contributed by atoms with Crippen molar-refractivity contribution >= 4 is 5.91 Å². The van der Waals surface area contributed by atoms with Crippen molar-refractivity contribution in [2.45, 2.75) is 18.6 Å². The summed E-state index contributed by atoms with van der Waals surface area (Å²) in [7, 11) is 3.61. The van der Waals surface area contributed by atoms with Crippen LogP contribution in [0.5, 0.6) is 0 Å². The number of rotatable bonds is 7. The van der Waals surface area contributed by atoms with E-state index in [4.69, 9.17) is 0 Å². The smallest absolute Gasteiger partial charge is 0.237 e. The van der Waals surface area contributed by atoms with Crippen molar-refractivity contribution in [3.8, 4) is 0 Å². The number of nitrogens with one attached hydrogen (secondary N) is 1. The lowest BCUT2D eigenvalue weighted by molar-refractivity contribution is -0.126. The minimum Gasteiger partial charge on any atom is -0.387 e. The van der Waals surface area contributed by atoms with Crippen LogP contribution in [-0.4, -0.2) is 42.6 Å². The van der Waals surface area contributed by atoms with E-state index in [1.165, 1.54) is 6.07 Å². The summed E-state index contributed by atoms with van der Waals surface area (Å²) in [6.07, 6.45) is -0.584. The molecule has 4 nitrogen and oxygen atoms in total. The molecule has 0 aliphatic heterocycles. The Morgan fingerprint density at radius 3 is 2.40 bits per heavy atom. The lowest BCUT2D eigenvalue weighted by atomic mass is 10.0. The molecule has 2 aromatic carbocycles. The van der Waals surface area contributed by atoms with Crippen molar-refractivity contribution in [1.29, 1.82) is 0 Å². The number of halogens is 2. The summed E-state index contributed by atoms with van der Waals surface area (Å²) < 4.78 is 26.2. The molecule has 0 bridgehead atoms. The zero-order chi connectivity index (χ0) is 18.4. The molecule has 0 aliphatic rings. The van der Waals surface area contributed by atoms with Crippen LogP contribution in [0.1, 0.15) is 17.2 Å². The molecular formula is C19H22F2N2O2. The van der Waals surface area contributed by atoms with Crippen molar-refractivity contribution in [3.63, 3.8) is 0 Å². The van der Waals surface area contributed by atoms with Gasteiger partial charge in [0.05, 0.1) is 12.1 Å². The maximum absolute atomic E-state index is 13.2. The molecule has 2 atom stereocenters. The molecular weight excluding hydrogens is 326 g/mol. The fourth-order valence-corrected chi connectivity index (χ4v) is 2.50. The molecule has 134 valence electrons. The normalized spacial score (nSPS) is 13.5. The summed E-state index contributed by atoms with van der Waals surface area (Å²) in [4.78, 5) is 14.2. The topological polar surface area (TPSA) is 52.6 Å². The molecule has 1 amide bonds. The van der Waals surface area contributed by atoms with Crippen LogP contribution >= 0.6 is 0 Å². The highest BCUT2D eigenvalue weighted by atomic mass is 19.2. The predicted octanol–water partition coefficient (Wildman–Crippen LogP) is 2.29. The van der Waals surface area contributed by atoms with Gasteiger partial charge in [-0.3, -0.25) is 9.69 Å². The minimum atomic E-state index is -1.11. The highest BCUT2D eigenvalue weighted by Crippen LogP contribution is 2.16. The first-order valence-corrected chi connectivity index (χ1v) is 7.99. The molecule has 6 heteroatoms. The third-order valence-corrected chi connectivity index (χ3v) is 4.00. The van der Waals surface area contributed by atoms with Gasteiger partial charge >= 0.3 is 0 Å². The van der Waals surface area contributed by atoms with Crippen molar-refractivity contribution in [2.24, 2.45) is 0 Å². The van der Waals surface area contributed by atoms with E-state index < -0.39 is 23.8 Å². The molecule has 0 saturated heterocycles. The number of nitrogens with zero attached hydrogens (tertiary/aromatic N) is 1. The van der Waals surface area contributed by atoms with Crippen LogP contribution in [0.3, 0.4) is 0 Å².